The van der Waals surface area contributed by atoms with Gasteiger partial charge >= 0.3 is 0 Å². The first-order chi connectivity index (χ1) is 8.70. The minimum Gasteiger partial charge on any atom is -0.324 e. The van der Waals surface area contributed by atoms with Crippen molar-refractivity contribution in [2.75, 3.05) is 11.9 Å². The Morgan fingerprint density at radius 2 is 2.33 bits per heavy atom. The molecule has 1 atom stereocenters. The highest BCUT2D eigenvalue weighted by atomic mass is 79.9. The van der Waals surface area contributed by atoms with Crippen molar-refractivity contribution < 1.29 is 4.79 Å². The molecule has 1 aliphatic rings. The van der Waals surface area contributed by atoms with E-state index >= 15 is 0 Å². The molecule has 1 saturated heterocycles. The largest absolute Gasteiger partial charge is 0.324 e. The highest BCUT2D eigenvalue weighted by Crippen LogP contribution is 2.21. The predicted octanol–water partition coefficient (Wildman–Crippen LogP) is 2.40. The molecule has 0 aliphatic carbocycles. The fourth-order valence-corrected chi connectivity index (χ4v) is 2.37. The number of amides is 1. The highest BCUT2D eigenvalue weighted by Gasteiger charge is 2.21. The number of anilines is 1. The molecule has 0 bridgehead atoms. The number of piperidine rings is 1. The zero-order chi connectivity index (χ0) is 13.0. The topological polar surface area (TPSA) is 64.9 Å². The Bertz CT molecular complexity index is 489. The molecular formula is C13H14BrN3O. The Kier molecular flexibility index (Phi) is 4.34. The van der Waals surface area contributed by atoms with E-state index in [0.29, 0.717) is 11.3 Å². The molecule has 0 radical (unpaired) electrons. The average molecular weight is 308 g/mol. The fraction of sp³-hybridized carbons (Fsp3) is 0.385. The third-order valence-electron chi connectivity index (χ3n) is 2.99. The van der Waals surface area contributed by atoms with Gasteiger partial charge in [-0.25, -0.2) is 0 Å². The highest BCUT2D eigenvalue weighted by molar-refractivity contribution is 9.10. The molecule has 2 N–H and O–H groups in total. The van der Waals surface area contributed by atoms with Gasteiger partial charge in [-0.2, -0.15) is 5.26 Å². The SMILES string of the molecule is N#Cc1cc(Br)ccc1NC(=O)[C@@H]1CCCCN1. The Labute approximate surface area is 115 Å². The van der Waals surface area contributed by atoms with Crippen molar-refractivity contribution in [2.24, 2.45) is 0 Å². The summed E-state index contributed by atoms with van der Waals surface area (Å²) in [5.41, 5.74) is 1.03. The van der Waals surface area contributed by atoms with Gasteiger partial charge in [0.2, 0.25) is 5.91 Å². The van der Waals surface area contributed by atoms with E-state index in [0.717, 1.165) is 30.3 Å². The summed E-state index contributed by atoms with van der Waals surface area (Å²) in [4.78, 5) is 12.0. The van der Waals surface area contributed by atoms with Crippen molar-refractivity contribution in [2.45, 2.75) is 25.3 Å². The molecule has 2 rings (SSSR count). The predicted molar refractivity (Wildman–Crippen MR) is 73.1 cm³/mol. The summed E-state index contributed by atoms with van der Waals surface area (Å²) in [5, 5.41) is 15.0. The van der Waals surface area contributed by atoms with Crippen LogP contribution in [-0.4, -0.2) is 18.5 Å². The minimum absolute atomic E-state index is 0.0616. The number of hydrogen-bond donors (Lipinski definition) is 2. The van der Waals surface area contributed by atoms with Crippen molar-refractivity contribution >= 4 is 27.5 Å². The maximum Gasteiger partial charge on any atom is 0.241 e. The second-order valence-electron chi connectivity index (χ2n) is 4.29. The maximum atomic E-state index is 12.0. The summed E-state index contributed by atoms with van der Waals surface area (Å²) >= 11 is 3.30. The Balaban J connectivity index is 2.09. The number of nitrogens with one attached hydrogen (secondary N) is 2. The van der Waals surface area contributed by atoms with Gasteiger partial charge in [-0.05, 0) is 37.6 Å². The number of carbonyl (C=O) groups excluding carboxylic acids is 1. The lowest BCUT2D eigenvalue weighted by molar-refractivity contribution is -0.118. The Hall–Kier alpha value is -1.38. The van der Waals surface area contributed by atoms with Crippen LogP contribution in [0.25, 0.3) is 0 Å². The molecule has 4 nitrogen and oxygen atoms in total. The van der Waals surface area contributed by atoms with Crippen LogP contribution in [0.5, 0.6) is 0 Å². The van der Waals surface area contributed by atoms with Crippen LogP contribution in [-0.2, 0) is 4.79 Å². The van der Waals surface area contributed by atoms with Gasteiger partial charge in [-0.1, -0.05) is 22.4 Å². The van der Waals surface area contributed by atoms with Crippen LogP contribution < -0.4 is 10.6 Å². The van der Waals surface area contributed by atoms with E-state index in [9.17, 15) is 4.79 Å². The zero-order valence-electron chi connectivity index (χ0n) is 9.87. The monoisotopic (exact) mass is 307 g/mol. The summed E-state index contributed by atoms with van der Waals surface area (Å²) in [5.74, 6) is -0.0616. The molecule has 18 heavy (non-hydrogen) atoms. The second kappa shape index (κ2) is 5.98. The molecule has 0 saturated carbocycles. The van der Waals surface area contributed by atoms with Gasteiger partial charge in [0.25, 0.3) is 0 Å². The molecular weight excluding hydrogens is 294 g/mol. The van der Waals surface area contributed by atoms with Crippen LogP contribution >= 0.6 is 15.9 Å². The molecule has 5 heteroatoms. The lowest BCUT2D eigenvalue weighted by atomic mass is 10.0. The van der Waals surface area contributed by atoms with E-state index in [-0.39, 0.29) is 11.9 Å². The van der Waals surface area contributed by atoms with Crippen LogP contribution in [0.1, 0.15) is 24.8 Å². The van der Waals surface area contributed by atoms with Gasteiger partial charge in [0.1, 0.15) is 6.07 Å². The molecule has 1 aromatic carbocycles. The fourth-order valence-electron chi connectivity index (χ4n) is 2.01. The normalized spacial score (nSPS) is 19.0. The van der Waals surface area contributed by atoms with Crippen LogP contribution in [0.3, 0.4) is 0 Å². The van der Waals surface area contributed by atoms with Crippen LogP contribution in [0.2, 0.25) is 0 Å². The number of nitrogens with zero attached hydrogens (tertiary/aromatic N) is 1. The van der Waals surface area contributed by atoms with Crippen molar-refractivity contribution in [3.8, 4) is 6.07 Å². The molecule has 1 amide bonds. The number of benzene rings is 1. The number of rotatable bonds is 2. The van der Waals surface area contributed by atoms with E-state index in [1.165, 1.54) is 0 Å². The maximum absolute atomic E-state index is 12.0. The summed E-state index contributed by atoms with van der Waals surface area (Å²) < 4.78 is 0.827. The summed E-state index contributed by atoms with van der Waals surface area (Å²) in [6, 6.07) is 7.18. The van der Waals surface area contributed by atoms with Gasteiger partial charge in [-0.15, -0.1) is 0 Å². The van der Waals surface area contributed by atoms with Crippen LogP contribution in [0.15, 0.2) is 22.7 Å². The molecule has 1 aromatic rings. The van der Waals surface area contributed by atoms with Crippen molar-refractivity contribution in [3.63, 3.8) is 0 Å². The third kappa shape index (κ3) is 3.09. The van der Waals surface area contributed by atoms with Crippen LogP contribution in [0, 0.1) is 11.3 Å². The van der Waals surface area contributed by atoms with E-state index in [4.69, 9.17) is 5.26 Å². The van der Waals surface area contributed by atoms with E-state index in [2.05, 4.69) is 32.6 Å². The standard InChI is InChI=1S/C13H14BrN3O/c14-10-4-5-11(9(7-10)8-15)17-13(18)12-3-1-2-6-16-12/h4-5,7,12,16H,1-3,6H2,(H,17,18)/t12-/m0/s1. The van der Waals surface area contributed by atoms with E-state index in [1.807, 2.05) is 6.07 Å². The number of halogens is 1. The lowest BCUT2D eigenvalue weighted by Gasteiger charge is -2.22. The third-order valence-corrected chi connectivity index (χ3v) is 3.48. The number of carbonyl (C=O) groups is 1. The molecule has 0 aromatic heterocycles. The van der Waals surface area contributed by atoms with Gasteiger partial charge < -0.3 is 10.6 Å². The Morgan fingerprint density at radius 3 is 3.00 bits per heavy atom. The average Bonchev–Trinajstić information content (AvgIpc) is 2.41. The zero-order valence-corrected chi connectivity index (χ0v) is 11.5. The summed E-state index contributed by atoms with van der Waals surface area (Å²) in [6.45, 7) is 0.879. The first-order valence-electron chi connectivity index (χ1n) is 5.94. The van der Waals surface area contributed by atoms with Crippen molar-refractivity contribution in [3.05, 3.63) is 28.2 Å². The van der Waals surface area contributed by atoms with Gasteiger partial charge in [0.15, 0.2) is 0 Å². The lowest BCUT2D eigenvalue weighted by Crippen LogP contribution is -2.43. The van der Waals surface area contributed by atoms with Gasteiger partial charge in [-0.3, -0.25) is 4.79 Å². The summed E-state index contributed by atoms with van der Waals surface area (Å²) in [7, 11) is 0. The Morgan fingerprint density at radius 1 is 1.50 bits per heavy atom. The minimum atomic E-state index is -0.145. The number of hydrogen-bond acceptors (Lipinski definition) is 3. The van der Waals surface area contributed by atoms with Crippen molar-refractivity contribution in [1.82, 2.24) is 5.32 Å². The first kappa shape index (κ1) is 13.1. The molecule has 1 fully saturated rings. The number of nitriles is 1. The second-order valence-corrected chi connectivity index (χ2v) is 5.21. The summed E-state index contributed by atoms with van der Waals surface area (Å²) in [6.07, 6.45) is 3.03. The van der Waals surface area contributed by atoms with Gasteiger partial charge in [0, 0.05) is 4.47 Å². The smallest absolute Gasteiger partial charge is 0.241 e. The molecule has 1 heterocycles. The quantitative estimate of drug-likeness (QED) is 0.882. The molecule has 0 unspecified atom stereocenters. The van der Waals surface area contributed by atoms with Gasteiger partial charge in [0.05, 0.1) is 17.3 Å². The van der Waals surface area contributed by atoms with E-state index in [1.54, 1.807) is 12.1 Å². The van der Waals surface area contributed by atoms with Crippen LogP contribution in [0.4, 0.5) is 5.69 Å². The molecule has 1 aliphatic heterocycles. The first-order valence-corrected chi connectivity index (χ1v) is 6.74. The van der Waals surface area contributed by atoms with Crippen molar-refractivity contribution in [1.29, 1.82) is 5.26 Å². The molecule has 0 spiro atoms. The molecule has 94 valence electrons. The van der Waals surface area contributed by atoms with E-state index < -0.39 is 0 Å².